The molecule has 1 atom stereocenters. The number of nitriles is 1. The first kappa shape index (κ1) is 17.1. The molecule has 0 N–H and O–H groups in total. The van der Waals surface area contributed by atoms with Crippen molar-refractivity contribution in [1.82, 2.24) is 0 Å². The normalized spacial score (nSPS) is 11.7. The van der Waals surface area contributed by atoms with Crippen LogP contribution in [0.3, 0.4) is 0 Å². The van der Waals surface area contributed by atoms with Gasteiger partial charge < -0.3 is 9.47 Å². The van der Waals surface area contributed by atoms with Gasteiger partial charge in [-0.05, 0) is 54.2 Å². The van der Waals surface area contributed by atoms with Gasteiger partial charge in [0.1, 0.15) is 12.4 Å². The van der Waals surface area contributed by atoms with E-state index >= 15 is 0 Å². The molecule has 0 spiro atoms. The van der Waals surface area contributed by atoms with E-state index in [9.17, 15) is 0 Å². The lowest BCUT2D eigenvalue weighted by Gasteiger charge is -2.12. The molecule has 0 aliphatic heterocycles. The summed E-state index contributed by atoms with van der Waals surface area (Å²) in [6, 6.07) is 17.9. The Morgan fingerprint density at radius 3 is 2.57 bits per heavy atom. The minimum atomic E-state index is 0.471. The van der Waals surface area contributed by atoms with Crippen molar-refractivity contribution in [2.45, 2.75) is 26.4 Å². The molecule has 0 radical (unpaired) electrons. The first-order valence-corrected chi connectivity index (χ1v) is 7.91. The minimum Gasteiger partial charge on any atom is -0.489 e. The minimum absolute atomic E-state index is 0.471. The zero-order valence-electron chi connectivity index (χ0n) is 13.8. The Morgan fingerprint density at radius 2 is 1.87 bits per heavy atom. The lowest BCUT2D eigenvalue weighted by atomic mass is 9.98. The third-order valence-electron chi connectivity index (χ3n) is 3.78. The molecule has 0 fully saturated rings. The Hall–Kier alpha value is -2.31. The summed E-state index contributed by atoms with van der Waals surface area (Å²) in [6.07, 6.45) is 2.12. The summed E-state index contributed by atoms with van der Waals surface area (Å²) in [5.74, 6) is 1.45. The van der Waals surface area contributed by atoms with Gasteiger partial charge in [-0.2, -0.15) is 5.26 Å². The van der Waals surface area contributed by atoms with Crippen molar-refractivity contribution in [3.8, 4) is 11.8 Å². The molecule has 2 aromatic carbocycles. The molecular weight excluding hydrogens is 286 g/mol. The molecule has 1 unspecified atom stereocenters. The van der Waals surface area contributed by atoms with E-state index in [1.807, 2.05) is 30.3 Å². The number of nitrogens with zero attached hydrogens (tertiary/aromatic N) is 1. The maximum absolute atomic E-state index is 8.91. The number of methoxy groups -OCH3 is 1. The van der Waals surface area contributed by atoms with Gasteiger partial charge in [0.15, 0.2) is 0 Å². The van der Waals surface area contributed by atoms with Crippen molar-refractivity contribution in [1.29, 1.82) is 5.26 Å². The van der Waals surface area contributed by atoms with Crippen LogP contribution in [-0.4, -0.2) is 13.7 Å². The van der Waals surface area contributed by atoms with E-state index in [1.54, 1.807) is 13.2 Å². The molecule has 0 bridgehead atoms. The summed E-state index contributed by atoms with van der Waals surface area (Å²) >= 11 is 0. The highest BCUT2D eigenvalue weighted by atomic mass is 16.5. The van der Waals surface area contributed by atoms with Crippen molar-refractivity contribution >= 4 is 0 Å². The third kappa shape index (κ3) is 5.77. The highest BCUT2D eigenvalue weighted by Crippen LogP contribution is 2.18. The molecule has 0 heterocycles. The molecule has 0 aliphatic carbocycles. The predicted molar refractivity (Wildman–Crippen MR) is 91.3 cm³/mol. The van der Waals surface area contributed by atoms with Crippen molar-refractivity contribution in [2.24, 2.45) is 5.92 Å². The lowest BCUT2D eigenvalue weighted by molar-refractivity contribution is 0.180. The SMILES string of the molecule is COCCC(C)Cc1ccc(OCc2cccc(C#N)c2)cc1. The molecule has 0 saturated heterocycles. The van der Waals surface area contributed by atoms with Crippen molar-refractivity contribution in [3.05, 3.63) is 65.2 Å². The highest BCUT2D eigenvalue weighted by molar-refractivity contribution is 5.33. The van der Waals surface area contributed by atoms with Crippen LogP contribution in [0.2, 0.25) is 0 Å². The topological polar surface area (TPSA) is 42.2 Å². The van der Waals surface area contributed by atoms with Crippen molar-refractivity contribution < 1.29 is 9.47 Å². The number of hydrogen-bond acceptors (Lipinski definition) is 3. The number of rotatable bonds is 8. The average molecular weight is 309 g/mol. The zero-order chi connectivity index (χ0) is 16.5. The van der Waals surface area contributed by atoms with Gasteiger partial charge in [-0.1, -0.05) is 31.2 Å². The fraction of sp³-hybridized carbons (Fsp3) is 0.350. The molecule has 120 valence electrons. The Kier molecular flexibility index (Phi) is 6.65. The summed E-state index contributed by atoms with van der Waals surface area (Å²) in [4.78, 5) is 0. The molecule has 0 saturated carbocycles. The zero-order valence-corrected chi connectivity index (χ0v) is 13.8. The van der Waals surface area contributed by atoms with Crippen LogP contribution < -0.4 is 4.74 Å². The smallest absolute Gasteiger partial charge is 0.119 e. The maximum Gasteiger partial charge on any atom is 0.119 e. The van der Waals surface area contributed by atoms with Gasteiger partial charge in [0, 0.05) is 13.7 Å². The lowest BCUT2D eigenvalue weighted by Crippen LogP contribution is -2.03. The van der Waals surface area contributed by atoms with Crippen LogP contribution in [0.1, 0.15) is 30.0 Å². The molecular formula is C20H23NO2. The Labute approximate surface area is 138 Å². The Balaban J connectivity index is 1.86. The first-order chi connectivity index (χ1) is 11.2. The molecule has 3 nitrogen and oxygen atoms in total. The maximum atomic E-state index is 8.91. The van der Waals surface area contributed by atoms with Gasteiger partial charge in [0.05, 0.1) is 11.6 Å². The van der Waals surface area contributed by atoms with Gasteiger partial charge in [-0.15, -0.1) is 0 Å². The van der Waals surface area contributed by atoms with E-state index in [4.69, 9.17) is 14.7 Å². The van der Waals surface area contributed by atoms with E-state index < -0.39 is 0 Å². The van der Waals surface area contributed by atoms with Crippen molar-refractivity contribution in [2.75, 3.05) is 13.7 Å². The fourth-order valence-corrected chi connectivity index (χ4v) is 2.44. The second-order valence-electron chi connectivity index (χ2n) is 5.84. The second-order valence-corrected chi connectivity index (χ2v) is 5.84. The van der Waals surface area contributed by atoms with E-state index in [0.717, 1.165) is 30.8 Å². The van der Waals surface area contributed by atoms with Crippen LogP contribution in [0.5, 0.6) is 5.75 Å². The average Bonchev–Trinajstić information content (AvgIpc) is 2.59. The van der Waals surface area contributed by atoms with E-state index in [1.165, 1.54) is 5.56 Å². The van der Waals surface area contributed by atoms with E-state index in [0.29, 0.717) is 18.1 Å². The van der Waals surface area contributed by atoms with Crippen LogP contribution >= 0.6 is 0 Å². The summed E-state index contributed by atoms with van der Waals surface area (Å²) in [6.45, 7) is 3.52. The number of ether oxygens (including phenoxy) is 2. The first-order valence-electron chi connectivity index (χ1n) is 7.91. The molecule has 0 aliphatic rings. The van der Waals surface area contributed by atoms with Gasteiger partial charge in [0.25, 0.3) is 0 Å². The standard InChI is InChI=1S/C20H23NO2/c1-16(10-11-22-2)12-17-6-8-20(9-7-17)23-15-19-5-3-4-18(13-19)14-21/h3-9,13,16H,10-12,15H2,1-2H3. The van der Waals surface area contributed by atoms with E-state index in [-0.39, 0.29) is 0 Å². The van der Waals surface area contributed by atoms with E-state index in [2.05, 4.69) is 25.1 Å². The van der Waals surface area contributed by atoms with Gasteiger partial charge >= 0.3 is 0 Å². The second kappa shape index (κ2) is 8.97. The predicted octanol–water partition coefficient (Wildman–Crippen LogP) is 4.35. The van der Waals surface area contributed by atoms with Crippen LogP contribution in [0.25, 0.3) is 0 Å². The monoisotopic (exact) mass is 309 g/mol. The summed E-state index contributed by atoms with van der Waals surface area (Å²) in [7, 11) is 1.74. The fourth-order valence-electron chi connectivity index (χ4n) is 2.44. The molecule has 0 amide bonds. The summed E-state index contributed by atoms with van der Waals surface area (Å²) in [5.41, 5.74) is 2.97. The Bertz CT molecular complexity index is 643. The van der Waals surface area contributed by atoms with Crippen LogP contribution in [0.4, 0.5) is 0 Å². The molecule has 0 aromatic heterocycles. The molecule has 2 aromatic rings. The van der Waals surface area contributed by atoms with Crippen LogP contribution in [0.15, 0.2) is 48.5 Å². The quantitative estimate of drug-likeness (QED) is 0.728. The molecule has 3 heteroatoms. The largest absolute Gasteiger partial charge is 0.489 e. The highest BCUT2D eigenvalue weighted by Gasteiger charge is 2.04. The number of benzene rings is 2. The van der Waals surface area contributed by atoms with Gasteiger partial charge in [-0.3, -0.25) is 0 Å². The summed E-state index contributed by atoms with van der Waals surface area (Å²) in [5, 5.41) is 8.91. The third-order valence-corrected chi connectivity index (χ3v) is 3.78. The van der Waals surface area contributed by atoms with Gasteiger partial charge in [0.2, 0.25) is 0 Å². The van der Waals surface area contributed by atoms with Crippen molar-refractivity contribution in [3.63, 3.8) is 0 Å². The van der Waals surface area contributed by atoms with Crippen LogP contribution in [-0.2, 0) is 17.8 Å². The number of hydrogen-bond donors (Lipinski definition) is 0. The Morgan fingerprint density at radius 1 is 1.09 bits per heavy atom. The van der Waals surface area contributed by atoms with Crippen LogP contribution in [0, 0.1) is 17.2 Å². The molecule has 23 heavy (non-hydrogen) atoms. The summed E-state index contributed by atoms with van der Waals surface area (Å²) < 4.78 is 10.9. The van der Waals surface area contributed by atoms with Gasteiger partial charge in [-0.25, -0.2) is 0 Å². The molecule has 2 rings (SSSR count).